The van der Waals surface area contributed by atoms with E-state index in [9.17, 15) is 5.11 Å². The Bertz CT molecular complexity index is 736. The first-order valence-electron chi connectivity index (χ1n) is 7.44. The van der Waals surface area contributed by atoms with Gasteiger partial charge in [-0.3, -0.25) is 4.98 Å². The molecule has 3 heterocycles. The molecule has 0 radical (unpaired) electrons. The van der Waals surface area contributed by atoms with E-state index in [1.165, 1.54) is 11.3 Å². The minimum atomic E-state index is -0.887. The molecule has 7 nitrogen and oxygen atoms in total. The fourth-order valence-electron chi connectivity index (χ4n) is 2.40. The number of anilines is 1. The molecule has 0 saturated carbocycles. The number of pyridine rings is 1. The quantitative estimate of drug-likeness (QED) is 0.717. The summed E-state index contributed by atoms with van der Waals surface area (Å²) < 4.78 is 0. The van der Waals surface area contributed by atoms with Gasteiger partial charge in [-0.15, -0.1) is 12.4 Å². The molecule has 8 heteroatoms. The standard InChI is InChI=1S/C16H18N6O.ClH/c1-2-4-13(17)14-7-15(20-10-19-14)22-16(23)12(9-21-22)11-5-3-6-18-8-11;/h3,5-10,16-17,21,23H,2,4H2,1H3;1H. The summed E-state index contributed by atoms with van der Waals surface area (Å²) in [4.78, 5) is 12.4. The summed E-state index contributed by atoms with van der Waals surface area (Å²) in [6, 6.07) is 5.41. The Kier molecular flexibility index (Phi) is 5.83. The fourth-order valence-corrected chi connectivity index (χ4v) is 2.40. The van der Waals surface area contributed by atoms with Gasteiger partial charge in [-0.25, -0.2) is 15.0 Å². The summed E-state index contributed by atoms with van der Waals surface area (Å²) in [6.45, 7) is 2.02. The van der Waals surface area contributed by atoms with E-state index in [1.54, 1.807) is 24.7 Å². The van der Waals surface area contributed by atoms with Gasteiger partial charge in [0.1, 0.15) is 6.33 Å². The van der Waals surface area contributed by atoms with Crippen molar-refractivity contribution in [1.82, 2.24) is 20.4 Å². The van der Waals surface area contributed by atoms with E-state index in [0.29, 0.717) is 29.2 Å². The first kappa shape index (κ1) is 17.8. The maximum absolute atomic E-state index is 10.5. The molecule has 2 aromatic rings. The van der Waals surface area contributed by atoms with Gasteiger partial charge in [0.05, 0.1) is 11.4 Å². The lowest BCUT2D eigenvalue weighted by molar-refractivity contribution is 0.225. The average molecular weight is 347 g/mol. The van der Waals surface area contributed by atoms with Crippen LogP contribution in [0, 0.1) is 5.41 Å². The Labute approximate surface area is 146 Å². The second kappa shape index (κ2) is 7.85. The Hall–Kier alpha value is -2.51. The molecule has 2 aromatic heterocycles. The molecule has 1 unspecified atom stereocenters. The molecule has 3 N–H and O–H groups in total. The molecule has 1 aliphatic heterocycles. The van der Waals surface area contributed by atoms with E-state index in [0.717, 1.165) is 12.0 Å². The van der Waals surface area contributed by atoms with Crippen molar-refractivity contribution in [2.45, 2.75) is 26.0 Å². The van der Waals surface area contributed by atoms with Crippen LogP contribution in [0.2, 0.25) is 0 Å². The van der Waals surface area contributed by atoms with Crippen molar-refractivity contribution in [1.29, 1.82) is 5.41 Å². The van der Waals surface area contributed by atoms with Crippen LogP contribution in [0.25, 0.3) is 5.57 Å². The zero-order chi connectivity index (χ0) is 16.2. The summed E-state index contributed by atoms with van der Waals surface area (Å²) >= 11 is 0. The van der Waals surface area contributed by atoms with Crippen molar-refractivity contribution < 1.29 is 5.11 Å². The van der Waals surface area contributed by atoms with E-state index in [1.807, 2.05) is 19.1 Å². The molecule has 0 fully saturated rings. The van der Waals surface area contributed by atoms with Crippen molar-refractivity contribution in [3.8, 4) is 0 Å². The predicted octanol–water partition coefficient (Wildman–Crippen LogP) is 2.15. The highest BCUT2D eigenvalue weighted by atomic mass is 35.5. The van der Waals surface area contributed by atoms with E-state index in [2.05, 4.69) is 20.4 Å². The third-order valence-corrected chi connectivity index (χ3v) is 3.59. The lowest BCUT2D eigenvalue weighted by Crippen LogP contribution is -2.39. The Morgan fingerprint density at radius 3 is 2.96 bits per heavy atom. The first-order chi connectivity index (χ1) is 11.2. The van der Waals surface area contributed by atoms with E-state index >= 15 is 0 Å². The number of rotatable bonds is 5. The maximum atomic E-state index is 10.5. The van der Waals surface area contributed by atoms with Gasteiger partial charge < -0.3 is 15.9 Å². The molecular formula is C16H19ClN6O. The largest absolute Gasteiger partial charge is 0.368 e. The highest BCUT2D eigenvalue weighted by molar-refractivity contribution is 5.96. The number of hydrazine groups is 1. The first-order valence-corrected chi connectivity index (χ1v) is 7.44. The second-order valence-electron chi connectivity index (χ2n) is 5.20. The minimum Gasteiger partial charge on any atom is -0.368 e. The molecule has 0 saturated heterocycles. The summed E-state index contributed by atoms with van der Waals surface area (Å²) in [5.41, 5.74) is 5.58. The van der Waals surface area contributed by atoms with Crippen LogP contribution in [0.4, 0.5) is 5.82 Å². The zero-order valence-electron chi connectivity index (χ0n) is 13.2. The SMILES string of the molecule is CCCC(=N)c1cc(N2NC=C(c3cccnc3)C2O)ncn1.Cl. The zero-order valence-corrected chi connectivity index (χ0v) is 14.0. The number of aromatic nitrogens is 3. The van der Waals surface area contributed by atoms with Crippen LogP contribution in [0.1, 0.15) is 31.0 Å². The van der Waals surface area contributed by atoms with Crippen LogP contribution in [0.15, 0.2) is 43.1 Å². The Morgan fingerprint density at radius 1 is 1.42 bits per heavy atom. The smallest absolute Gasteiger partial charge is 0.175 e. The normalized spacial score (nSPS) is 16.2. The molecule has 0 bridgehead atoms. The van der Waals surface area contributed by atoms with Gasteiger partial charge in [-0.05, 0) is 12.5 Å². The minimum absolute atomic E-state index is 0. The van der Waals surface area contributed by atoms with Crippen LogP contribution in [-0.4, -0.2) is 32.0 Å². The highest BCUT2D eigenvalue weighted by Crippen LogP contribution is 2.26. The van der Waals surface area contributed by atoms with E-state index in [4.69, 9.17) is 5.41 Å². The fraction of sp³-hybridized carbons (Fsp3) is 0.250. The van der Waals surface area contributed by atoms with Crippen molar-refractivity contribution in [2.75, 3.05) is 5.01 Å². The van der Waals surface area contributed by atoms with Crippen LogP contribution in [0.5, 0.6) is 0 Å². The molecule has 0 spiro atoms. The van der Waals surface area contributed by atoms with Gasteiger partial charge >= 0.3 is 0 Å². The van der Waals surface area contributed by atoms with Crippen molar-refractivity contribution >= 4 is 29.5 Å². The van der Waals surface area contributed by atoms with Crippen molar-refractivity contribution in [2.24, 2.45) is 0 Å². The van der Waals surface area contributed by atoms with Gasteiger partial charge in [-0.1, -0.05) is 19.4 Å². The number of aliphatic hydroxyl groups excluding tert-OH is 1. The molecule has 1 atom stereocenters. The number of hydrogen-bond acceptors (Lipinski definition) is 7. The Morgan fingerprint density at radius 2 is 2.25 bits per heavy atom. The molecule has 1 aliphatic rings. The molecule has 24 heavy (non-hydrogen) atoms. The predicted molar refractivity (Wildman–Crippen MR) is 94.9 cm³/mol. The molecule has 3 rings (SSSR count). The number of nitrogens with one attached hydrogen (secondary N) is 2. The second-order valence-corrected chi connectivity index (χ2v) is 5.20. The topological polar surface area (TPSA) is 98.0 Å². The molecule has 0 amide bonds. The Balaban J connectivity index is 0.00000208. The highest BCUT2D eigenvalue weighted by Gasteiger charge is 2.28. The number of halogens is 1. The summed E-state index contributed by atoms with van der Waals surface area (Å²) in [5.74, 6) is 0.512. The summed E-state index contributed by atoms with van der Waals surface area (Å²) in [5, 5.41) is 20.1. The van der Waals surface area contributed by atoms with Crippen LogP contribution in [0.3, 0.4) is 0 Å². The molecule has 0 aromatic carbocycles. The lowest BCUT2D eigenvalue weighted by Gasteiger charge is -2.23. The van der Waals surface area contributed by atoms with Crippen molar-refractivity contribution in [3.05, 3.63) is 54.4 Å². The monoisotopic (exact) mass is 346 g/mol. The van der Waals surface area contributed by atoms with Gasteiger partial charge in [0.15, 0.2) is 12.0 Å². The van der Waals surface area contributed by atoms with Crippen LogP contribution in [-0.2, 0) is 0 Å². The lowest BCUT2D eigenvalue weighted by atomic mass is 10.1. The summed E-state index contributed by atoms with van der Waals surface area (Å²) in [7, 11) is 0. The van der Waals surface area contributed by atoms with Crippen LogP contribution >= 0.6 is 12.4 Å². The van der Waals surface area contributed by atoms with Gasteiger partial charge in [0.2, 0.25) is 0 Å². The van der Waals surface area contributed by atoms with E-state index in [-0.39, 0.29) is 12.4 Å². The maximum Gasteiger partial charge on any atom is 0.175 e. The number of nitrogens with zero attached hydrogens (tertiary/aromatic N) is 4. The number of hydrogen-bond donors (Lipinski definition) is 3. The molecule has 126 valence electrons. The average Bonchev–Trinajstić information content (AvgIpc) is 2.97. The van der Waals surface area contributed by atoms with Crippen molar-refractivity contribution in [3.63, 3.8) is 0 Å². The van der Waals surface area contributed by atoms with E-state index < -0.39 is 6.23 Å². The molecule has 0 aliphatic carbocycles. The third kappa shape index (κ3) is 3.52. The van der Waals surface area contributed by atoms with Crippen LogP contribution < -0.4 is 10.4 Å². The van der Waals surface area contributed by atoms with Gasteiger partial charge in [-0.2, -0.15) is 0 Å². The molecular weight excluding hydrogens is 328 g/mol. The van der Waals surface area contributed by atoms with Gasteiger partial charge in [0, 0.05) is 35.8 Å². The third-order valence-electron chi connectivity index (χ3n) is 3.59. The van der Waals surface area contributed by atoms with Gasteiger partial charge in [0.25, 0.3) is 0 Å². The summed E-state index contributed by atoms with van der Waals surface area (Å²) in [6.07, 6.45) is 7.17. The number of aliphatic hydroxyl groups is 1.